The van der Waals surface area contributed by atoms with Crippen LogP contribution in [0.5, 0.6) is 5.75 Å². The van der Waals surface area contributed by atoms with Crippen LogP contribution in [0, 0.1) is 0 Å². The van der Waals surface area contributed by atoms with Crippen molar-refractivity contribution in [3.05, 3.63) is 57.8 Å². The number of para-hydroxylation sites is 2. The number of hydrogen-bond acceptors (Lipinski definition) is 5. The molecule has 2 aromatic carbocycles. The summed E-state index contributed by atoms with van der Waals surface area (Å²) in [5, 5.41) is 3.06. The number of hydrogen-bond donors (Lipinski definition) is 1. The molecule has 1 heterocycles. The third-order valence-electron chi connectivity index (χ3n) is 4.36. The summed E-state index contributed by atoms with van der Waals surface area (Å²) in [6.45, 7) is 1.07. The molecule has 0 atom stereocenters. The Kier molecular flexibility index (Phi) is 5.84. The molecule has 150 valence electrons. The first-order valence-corrected chi connectivity index (χ1v) is 9.07. The summed E-state index contributed by atoms with van der Waals surface area (Å²) in [6.07, 6.45) is 0. The minimum atomic E-state index is -0.538. The van der Waals surface area contributed by atoms with Crippen molar-refractivity contribution in [2.24, 2.45) is 0 Å². The van der Waals surface area contributed by atoms with E-state index in [2.05, 4.69) is 10.3 Å². The molecule has 0 saturated heterocycles. The zero-order valence-corrected chi connectivity index (χ0v) is 16.9. The van der Waals surface area contributed by atoms with Crippen LogP contribution in [0.2, 0.25) is 5.02 Å². The van der Waals surface area contributed by atoms with Crippen LogP contribution in [0.3, 0.4) is 0 Å². The van der Waals surface area contributed by atoms with Gasteiger partial charge in [-0.1, -0.05) is 23.7 Å². The summed E-state index contributed by atoms with van der Waals surface area (Å²) in [5.74, 6) is -0.329. The fourth-order valence-corrected chi connectivity index (χ4v) is 3.05. The SMILES string of the molecule is COc1ccc(NC(=O)Cn2c(=O)c(N(C)C(C)=O)nc3ccccc32)cc1Cl. The van der Waals surface area contributed by atoms with Gasteiger partial charge in [0, 0.05) is 19.7 Å². The maximum Gasteiger partial charge on any atom is 0.294 e. The Hall–Kier alpha value is -3.39. The molecule has 0 aliphatic carbocycles. The van der Waals surface area contributed by atoms with E-state index in [1.54, 1.807) is 42.5 Å². The van der Waals surface area contributed by atoms with Crippen molar-refractivity contribution in [1.29, 1.82) is 0 Å². The summed E-state index contributed by atoms with van der Waals surface area (Å²) in [6, 6.07) is 11.7. The van der Waals surface area contributed by atoms with Crippen LogP contribution in [0.25, 0.3) is 11.0 Å². The largest absolute Gasteiger partial charge is 0.495 e. The van der Waals surface area contributed by atoms with E-state index < -0.39 is 11.5 Å². The highest BCUT2D eigenvalue weighted by atomic mass is 35.5. The van der Waals surface area contributed by atoms with E-state index in [1.807, 2.05) is 0 Å². The van der Waals surface area contributed by atoms with E-state index in [-0.39, 0.29) is 18.3 Å². The van der Waals surface area contributed by atoms with Crippen LogP contribution in [0.4, 0.5) is 11.5 Å². The van der Waals surface area contributed by atoms with Gasteiger partial charge < -0.3 is 10.1 Å². The van der Waals surface area contributed by atoms with E-state index in [1.165, 1.54) is 25.6 Å². The molecule has 1 aromatic heterocycles. The lowest BCUT2D eigenvalue weighted by atomic mass is 10.2. The molecule has 0 spiro atoms. The monoisotopic (exact) mass is 414 g/mol. The zero-order valence-electron chi connectivity index (χ0n) is 16.1. The quantitative estimate of drug-likeness (QED) is 0.692. The molecule has 0 aliphatic heterocycles. The number of nitrogens with zero attached hydrogens (tertiary/aromatic N) is 3. The van der Waals surface area contributed by atoms with Gasteiger partial charge in [-0.3, -0.25) is 23.9 Å². The lowest BCUT2D eigenvalue weighted by Gasteiger charge is -2.17. The Morgan fingerprint density at radius 2 is 1.97 bits per heavy atom. The lowest BCUT2D eigenvalue weighted by Crippen LogP contribution is -2.36. The van der Waals surface area contributed by atoms with Gasteiger partial charge in [0.05, 0.1) is 23.2 Å². The first-order valence-electron chi connectivity index (χ1n) is 8.69. The smallest absolute Gasteiger partial charge is 0.294 e. The van der Waals surface area contributed by atoms with Gasteiger partial charge >= 0.3 is 0 Å². The van der Waals surface area contributed by atoms with Crippen LogP contribution >= 0.6 is 11.6 Å². The number of aromatic nitrogens is 2. The maximum atomic E-state index is 12.9. The molecular formula is C20H19ClN4O4. The third kappa shape index (κ3) is 4.22. The Labute approximate surface area is 171 Å². The Balaban J connectivity index is 1.97. The number of methoxy groups -OCH3 is 1. The van der Waals surface area contributed by atoms with Gasteiger partial charge in [-0.15, -0.1) is 0 Å². The van der Waals surface area contributed by atoms with Crippen LogP contribution < -0.4 is 20.5 Å². The molecule has 0 bridgehead atoms. The van der Waals surface area contributed by atoms with Crippen LogP contribution in [-0.2, 0) is 16.1 Å². The summed E-state index contributed by atoms with van der Waals surface area (Å²) in [4.78, 5) is 42.7. The second kappa shape index (κ2) is 8.32. The van der Waals surface area contributed by atoms with Gasteiger partial charge in [0.15, 0.2) is 0 Å². The third-order valence-corrected chi connectivity index (χ3v) is 4.66. The first kappa shape index (κ1) is 20.3. The summed E-state index contributed by atoms with van der Waals surface area (Å²) in [7, 11) is 2.96. The van der Waals surface area contributed by atoms with Gasteiger partial charge in [0.25, 0.3) is 5.56 Å². The molecule has 0 aliphatic rings. The Morgan fingerprint density at radius 1 is 1.24 bits per heavy atom. The molecule has 9 heteroatoms. The van der Waals surface area contributed by atoms with Gasteiger partial charge in [-0.05, 0) is 30.3 Å². The van der Waals surface area contributed by atoms with E-state index in [0.29, 0.717) is 27.5 Å². The van der Waals surface area contributed by atoms with Crippen molar-refractivity contribution in [2.75, 3.05) is 24.4 Å². The first-order chi connectivity index (χ1) is 13.8. The number of rotatable bonds is 5. The molecule has 3 aromatic rings. The van der Waals surface area contributed by atoms with Crippen LogP contribution in [0.1, 0.15) is 6.92 Å². The van der Waals surface area contributed by atoms with E-state index >= 15 is 0 Å². The summed E-state index contributed by atoms with van der Waals surface area (Å²) in [5.41, 5.74) is 0.911. The molecule has 29 heavy (non-hydrogen) atoms. The number of amides is 2. The highest BCUT2D eigenvalue weighted by Gasteiger charge is 2.18. The molecule has 2 amide bonds. The van der Waals surface area contributed by atoms with Crippen molar-refractivity contribution in [1.82, 2.24) is 9.55 Å². The van der Waals surface area contributed by atoms with Crippen molar-refractivity contribution < 1.29 is 14.3 Å². The Morgan fingerprint density at radius 3 is 2.62 bits per heavy atom. The minimum absolute atomic E-state index is 0.0449. The van der Waals surface area contributed by atoms with E-state index in [4.69, 9.17) is 16.3 Å². The fraction of sp³-hybridized carbons (Fsp3) is 0.200. The molecule has 0 fully saturated rings. The van der Waals surface area contributed by atoms with Crippen LogP contribution in [0.15, 0.2) is 47.3 Å². The number of nitrogens with one attached hydrogen (secondary N) is 1. The number of halogens is 1. The molecule has 0 unspecified atom stereocenters. The molecular weight excluding hydrogens is 396 g/mol. The van der Waals surface area contributed by atoms with Crippen LogP contribution in [-0.4, -0.2) is 35.5 Å². The van der Waals surface area contributed by atoms with Gasteiger partial charge in [0.2, 0.25) is 17.6 Å². The predicted octanol–water partition coefficient (Wildman–Crippen LogP) is 2.68. The van der Waals surface area contributed by atoms with Gasteiger partial charge in [-0.2, -0.15) is 0 Å². The van der Waals surface area contributed by atoms with Crippen molar-refractivity contribution in [3.63, 3.8) is 0 Å². The second-order valence-corrected chi connectivity index (χ2v) is 6.70. The average Bonchev–Trinajstić information content (AvgIpc) is 2.69. The standard InChI is InChI=1S/C20H19ClN4O4/c1-12(26)24(2)19-20(28)25(16-7-5-4-6-15(16)23-19)11-18(27)22-13-8-9-17(29-3)14(21)10-13/h4-10H,11H2,1-3H3,(H,22,27). The normalized spacial score (nSPS) is 10.6. The van der Waals surface area contributed by atoms with Crippen molar-refractivity contribution in [3.8, 4) is 5.75 Å². The van der Waals surface area contributed by atoms with E-state index in [9.17, 15) is 14.4 Å². The molecule has 1 N–H and O–H groups in total. The second-order valence-electron chi connectivity index (χ2n) is 6.29. The number of fused-ring (bicyclic) bond motifs is 1. The van der Waals surface area contributed by atoms with Crippen molar-refractivity contribution >= 4 is 46.0 Å². The Bertz CT molecular complexity index is 1160. The maximum absolute atomic E-state index is 12.9. The highest BCUT2D eigenvalue weighted by molar-refractivity contribution is 6.32. The molecule has 0 radical (unpaired) electrons. The van der Waals surface area contributed by atoms with Gasteiger partial charge in [-0.25, -0.2) is 4.98 Å². The van der Waals surface area contributed by atoms with Crippen molar-refractivity contribution in [2.45, 2.75) is 13.5 Å². The number of carbonyl (C=O) groups is 2. The fourth-order valence-electron chi connectivity index (χ4n) is 2.79. The predicted molar refractivity (Wildman–Crippen MR) is 112 cm³/mol. The number of carbonyl (C=O) groups excluding carboxylic acids is 2. The average molecular weight is 415 g/mol. The molecule has 0 saturated carbocycles. The zero-order chi connectivity index (χ0) is 21.1. The summed E-state index contributed by atoms with van der Waals surface area (Å²) >= 11 is 6.08. The number of anilines is 2. The highest BCUT2D eigenvalue weighted by Crippen LogP contribution is 2.27. The van der Waals surface area contributed by atoms with E-state index in [0.717, 1.165) is 4.90 Å². The summed E-state index contributed by atoms with van der Waals surface area (Å²) < 4.78 is 6.38. The molecule has 8 nitrogen and oxygen atoms in total. The minimum Gasteiger partial charge on any atom is -0.495 e. The number of benzene rings is 2. The molecule has 3 rings (SSSR count). The van der Waals surface area contributed by atoms with Gasteiger partial charge in [0.1, 0.15) is 12.3 Å². The lowest BCUT2D eigenvalue weighted by molar-refractivity contribution is -0.117. The topological polar surface area (TPSA) is 93.5 Å². The number of ether oxygens (including phenoxy) is 1.